The van der Waals surface area contributed by atoms with Crippen molar-refractivity contribution in [3.05, 3.63) is 71.8 Å². The largest absolute Gasteiger partial charge is 0.322 e. The van der Waals surface area contributed by atoms with E-state index in [-0.39, 0.29) is 12.1 Å². The van der Waals surface area contributed by atoms with Crippen LogP contribution >= 0.6 is 0 Å². The number of hydrogen-bond acceptors (Lipinski definition) is 2. The van der Waals surface area contributed by atoms with E-state index in [0.29, 0.717) is 0 Å². The molecule has 0 heterocycles. The minimum atomic E-state index is -0.0956. The van der Waals surface area contributed by atoms with Crippen molar-refractivity contribution in [2.24, 2.45) is 10.7 Å². The average molecular weight is 278 g/mol. The Morgan fingerprint density at radius 1 is 0.762 bits per heavy atom. The molecule has 2 heteroatoms. The molecule has 108 valence electrons. The van der Waals surface area contributed by atoms with Crippen LogP contribution in [0.1, 0.15) is 48.9 Å². The maximum atomic E-state index is 6.54. The van der Waals surface area contributed by atoms with Gasteiger partial charge in [0, 0.05) is 5.71 Å². The van der Waals surface area contributed by atoms with E-state index in [4.69, 9.17) is 10.7 Å². The van der Waals surface area contributed by atoms with Gasteiger partial charge in [-0.05, 0) is 36.8 Å². The number of rotatable bonds is 4. The van der Waals surface area contributed by atoms with E-state index in [2.05, 4.69) is 36.4 Å². The van der Waals surface area contributed by atoms with E-state index in [1.165, 1.54) is 24.1 Å². The first-order chi connectivity index (χ1) is 10.3. The Morgan fingerprint density at radius 3 is 1.86 bits per heavy atom. The first kappa shape index (κ1) is 14.0. The Hall–Kier alpha value is -1.93. The van der Waals surface area contributed by atoms with Gasteiger partial charge in [-0.3, -0.25) is 4.99 Å². The zero-order valence-electron chi connectivity index (χ0n) is 12.3. The van der Waals surface area contributed by atoms with Crippen molar-refractivity contribution in [2.75, 3.05) is 0 Å². The zero-order valence-corrected chi connectivity index (χ0v) is 12.3. The first-order valence-corrected chi connectivity index (χ1v) is 7.75. The monoisotopic (exact) mass is 278 g/mol. The summed E-state index contributed by atoms with van der Waals surface area (Å²) < 4.78 is 0. The van der Waals surface area contributed by atoms with Crippen molar-refractivity contribution in [3.8, 4) is 0 Å². The molecule has 0 aliphatic heterocycles. The summed E-state index contributed by atoms with van der Waals surface area (Å²) in [6.45, 7) is 0. The van der Waals surface area contributed by atoms with E-state index in [1.54, 1.807) is 0 Å². The fourth-order valence-electron chi connectivity index (χ4n) is 2.98. The van der Waals surface area contributed by atoms with E-state index >= 15 is 0 Å². The minimum Gasteiger partial charge on any atom is -0.322 e. The summed E-state index contributed by atoms with van der Waals surface area (Å²) in [6, 6.07) is 20.6. The smallest absolute Gasteiger partial charge is 0.0940 e. The summed E-state index contributed by atoms with van der Waals surface area (Å²) in [5.41, 5.74) is 10.2. The molecule has 2 aromatic carbocycles. The lowest BCUT2D eigenvalue weighted by atomic mass is 9.94. The molecule has 0 radical (unpaired) electrons. The van der Waals surface area contributed by atoms with Crippen molar-refractivity contribution >= 4 is 5.71 Å². The molecule has 1 fully saturated rings. The molecule has 21 heavy (non-hydrogen) atoms. The van der Waals surface area contributed by atoms with E-state index in [1.807, 2.05) is 24.3 Å². The molecule has 0 saturated heterocycles. The van der Waals surface area contributed by atoms with Crippen LogP contribution in [0, 0.1) is 0 Å². The molecule has 0 bridgehead atoms. The van der Waals surface area contributed by atoms with E-state index in [0.717, 1.165) is 18.4 Å². The van der Waals surface area contributed by atoms with Gasteiger partial charge >= 0.3 is 0 Å². The normalized spacial score (nSPS) is 17.5. The molecule has 2 aromatic rings. The molecule has 2 atom stereocenters. The Kier molecular flexibility index (Phi) is 4.46. The molecule has 3 rings (SSSR count). The minimum absolute atomic E-state index is 0.0155. The molecule has 0 spiro atoms. The van der Waals surface area contributed by atoms with Gasteiger partial charge in [-0.1, -0.05) is 60.7 Å². The molecule has 1 saturated carbocycles. The molecule has 1 aliphatic rings. The molecule has 1 aliphatic carbocycles. The third-order valence-corrected chi connectivity index (χ3v) is 4.17. The average Bonchev–Trinajstić information content (AvgIpc) is 3.07. The van der Waals surface area contributed by atoms with Crippen LogP contribution in [0.2, 0.25) is 0 Å². The second kappa shape index (κ2) is 6.68. The third-order valence-electron chi connectivity index (χ3n) is 4.17. The van der Waals surface area contributed by atoms with Crippen molar-refractivity contribution in [2.45, 2.75) is 37.8 Å². The Morgan fingerprint density at radius 2 is 1.29 bits per heavy atom. The fraction of sp³-hybridized carbons (Fsp3) is 0.316. The van der Waals surface area contributed by atoms with Crippen molar-refractivity contribution in [3.63, 3.8) is 0 Å². The Bertz CT molecular complexity index is 581. The molecule has 2 N–H and O–H groups in total. The summed E-state index contributed by atoms with van der Waals surface area (Å²) in [5, 5.41) is 0. The summed E-state index contributed by atoms with van der Waals surface area (Å²) in [4.78, 5) is 5.01. The highest BCUT2D eigenvalue weighted by molar-refractivity contribution is 5.86. The second-order valence-electron chi connectivity index (χ2n) is 5.69. The molecule has 0 aromatic heterocycles. The number of hydrogen-bond donors (Lipinski definition) is 1. The summed E-state index contributed by atoms with van der Waals surface area (Å²) in [5.74, 6) is 0. The summed E-state index contributed by atoms with van der Waals surface area (Å²) in [6.07, 6.45) is 4.79. The maximum absolute atomic E-state index is 6.54. The lowest BCUT2D eigenvalue weighted by Gasteiger charge is -2.22. The van der Waals surface area contributed by atoms with Crippen LogP contribution in [0.25, 0.3) is 0 Å². The van der Waals surface area contributed by atoms with Gasteiger partial charge in [0.05, 0.1) is 12.1 Å². The highest BCUT2D eigenvalue weighted by Crippen LogP contribution is 2.32. The number of aliphatic imine (C=N–C) groups is 1. The van der Waals surface area contributed by atoms with Crippen LogP contribution < -0.4 is 5.73 Å². The SMILES string of the molecule is N[C@H](c1ccccc1)[C@H](N=C1CCCC1)c1ccccc1. The summed E-state index contributed by atoms with van der Waals surface area (Å²) in [7, 11) is 0. The second-order valence-corrected chi connectivity index (χ2v) is 5.69. The van der Waals surface area contributed by atoms with Crippen LogP contribution in [-0.2, 0) is 0 Å². The summed E-state index contributed by atoms with van der Waals surface area (Å²) >= 11 is 0. The Labute approximate surface area is 126 Å². The molecular formula is C19H22N2. The van der Waals surface area contributed by atoms with Gasteiger partial charge < -0.3 is 5.73 Å². The van der Waals surface area contributed by atoms with Gasteiger partial charge in [-0.15, -0.1) is 0 Å². The standard InChI is InChI=1S/C19H22N2/c20-18(15-9-3-1-4-10-15)19(16-11-5-2-6-12-16)21-17-13-7-8-14-17/h1-6,9-12,18-19H,7-8,13-14,20H2/t18-,19-/m1/s1. The van der Waals surface area contributed by atoms with Crippen LogP contribution in [0.15, 0.2) is 65.7 Å². The van der Waals surface area contributed by atoms with Crippen molar-refractivity contribution in [1.82, 2.24) is 0 Å². The van der Waals surface area contributed by atoms with Crippen molar-refractivity contribution in [1.29, 1.82) is 0 Å². The number of nitrogens with two attached hydrogens (primary N) is 1. The van der Waals surface area contributed by atoms with Gasteiger partial charge in [0.15, 0.2) is 0 Å². The number of nitrogens with zero attached hydrogens (tertiary/aromatic N) is 1. The first-order valence-electron chi connectivity index (χ1n) is 7.75. The molecular weight excluding hydrogens is 256 g/mol. The van der Waals surface area contributed by atoms with Crippen LogP contribution in [0.3, 0.4) is 0 Å². The van der Waals surface area contributed by atoms with Crippen LogP contribution in [0.5, 0.6) is 0 Å². The predicted octanol–water partition coefficient (Wildman–Crippen LogP) is 4.44. The molecule has 0 amide bonds. The van der Waals surface area contributed by atoms with Gasteiger partial charge in [0.1, 0.15) is 0 Å². The highest BCUT2D eigenvalue weighted by atomic mass is 14.9. The quantitative estimate of drug-likeness (QED) is 0.882. The predicted molar refractivity (Wildman–Crippen MR) is 88.5 cm³/mol. The lowest BCUT2D eigenvalue weighted by Crippen LogP contribution is -2.19. The highest BCUT2D eigenvalue weighted by Gasteiger charge is 2.22. The lowest BCUT2D eigenvalue weighted by molar-refractivity contribution is 0.575. The van der Waals surface area contributed by atoms with Gasteiger partial charge in [-0.25, -0.2) is 0 Å². The van der Waals surface area contributed by atoms with Gasteiger partial charge in [0.25, 0.3) is 0 Å². The number of benzene rings is 2. The Balaban J connectivity index is 1.94. The molecule has 2 nitrogen and oxygen atoms in total. The molecule has 0 unspecified atom stereocenters. The van der Waals surface area contributed by atoms with Crippen molar-refractivity contribution < 1.29 is 0 Å². The topological polar surface area (TPSA) is 38.4 Å². The maximum Gasteiger partial charge on any atom is 0.0940 e. The van der Waals surface area contributed by atoms with E-state index in [9.17, 15) is 0 Å². The van der Waals surface area contributed by atoms with E-state index < -0.39 is 0 Å². The third kappa shape index (κ3) is 3.40. The zero-order chi connectivity index (χ0) is 14.5. The van der Waals surface area contributed by atoms with Crippen LogP contribution in [-0.4, -0.2) is 5.71 Å². The fourth-order valence-corrected chi connectivity index (χ4v) is 2.98. The van der Waals surface area contributed by atoms with Gasteiger partial charge in [0.2, 0.25) is 0 Å². The van der Waals surface area contributed by atoms with Crippen LogP contribution in [0.4, 0.5) is 0 Å². The van der Waals surface area contributed by atoms with Gasteiger partial charge in [-0.2, -0.15) is 0 Å².